The molecule has 1 heterocycles. The summed E-state index contributed by atoms with van der Waals surface area (Å²) in [6.07, 6.45) is 5.07. The summed E-state index contributed by atoms with van der Waals surface area (Å²) in [6, 6.07) is 3.97. The van der Waals surface area contributed by atoms with Crippen LogP contribution in [0, 0.1) is 5.92 Å². The number of anilines is 1. The standard InChI is InChI=1S/C13H22N4O/c1-2-18-12(9-5-6-9)11(17-15)8-10-4-3-7-16-13(10)14/h3-4,7,9,11-12,17H,2,5-6,8,15H2,1H3,(H2,14,16). The van der Waals surface area contributed by atoms with Gasteiger partial charge in [0.25, 0.3) is 0 Å². The fourth-order valence-corrected chi connectivity index (χ4v) is 2.33. The largest absolute Gasteiger partial charge is 0.383 e. The van der Waals surface area contributed by atoms with E-state index in [1.165, 1.54) is 12.8 Å². The number of nitrogens with one attached hydrogen (secondary N) is 1. The van der Waals surface area contributed by atoms with Gasteiger partial charge >= 0.3 is 0 Å². The van der Waals surface area contributed by atoms with Gasteiger partial charge in [-0.3, -0.25) is 11.3 Å². The van der Waals surface area contributed by atoms with E-state index in [2.05, 4.69) is 10.4 Å². The summed E-state index contributed by atoms with van der Waals surface area (Å²) in [6.45, 7) is 2.73. The first-order valence-corrected chi connectivity index (χ1v) is 6.53. The molecule has 2 atom stereocenters. The smallest absolute Gasteiger partial charge is 0.126 e. The highest BCUT2D eigenvalue weighted by Gasteiger charge is 2.37. The average molecular weight is 250 g/mol. The first-order valence-electron chi connectivity index (χ1n) is 6.53. The van der Waals surface area contributed by atoms with Crippen LogP contribution in [-0.2, 0) is 11.2 Å². The van der Waals surface area contributed by atoms with Crippen molar-refractivity contribution in [3.05, 3.63) is 23.9 Å². The molecule has 1 fully saturated rings. The first-order chi connectivity index (χ1) is 8.76. The number of hydrogen-bond acceptors (Lipinski definition) is 5. The second-order valence-corrected chi connectivity index (χ2v) is 4.78. The monoisotopic (exact) mass is 250 g/mol. The van der Waals surface area contributed by atoms with Gasteiger partial charge in [0.15, 0.2) is 0 Å². The number of pyridine rings is 1. The predicted octanol–water partition coefficient (Wildman–Crippen LogP) is 0.853. The SMILES string of the molecule is CCOC(C1CC1)C(Cc1cccnc1N)NN. The van der Waals surface area contributed by atoms with Crippen LogP contribution >= 0.6 is 0 Å². The van der Waals surface area contributed by atoms with Gasteiger partial charge in [0.1, 0.15) is 5.82 Å². The number of rotatable bonds is 7. The van der Waals surface area contributed by atoms with Gasteiger partial charge in [-0.1, -0.05) is 6.07 Å². The molecule has 0 radical (unpaired) electrons. The third kappa shape index (κ3) is 3.19. The van der Waals surface area contributed by atoms with Crippen molar-refractivity contribution in [1.29, 1.82) is 0 Å². The second-order valence-electron chi connectivity index (χ2n) is 4.78. The van der Waals surface area contributed by atoms with Crippen molar-refractivity contribution in [2.45, 2.75) is 38.3 Å². The molecule has 0 spiro atoms. The molecule has 18 heavy (non-hydrogen) atoms. The topological polar surface area (TPSA) is 86.2 Å². The van der Waals surface area contributed by atoms with E-state index in [-0.39, 0.29) is 12.1 Å². The van der Waals surface area contributed by atoms with Crippen molar-refractivity contribution in [1.82, 2.24) is 10.4 Å². The lowest BCUT2D eigenvalue weighted by atomic mass is 9.99. The summed E-state index contributed by atoms with van der Waals surface area (Å²) >= 11 is 0. The van der Waals surface area contributed by atoms with Gasteiger partial charge in [-0.25, -0.2) is 4.98 Å². The van der Waals surface area contributed by atoms with E-state index in [0.717, 1.165) is 12.0 Å². The second kappa shape index (κ2) is 6.13. The number of nitrogens with two attached hydrogens (primary N) is 2. The van der Waals surface area contributed by atoms with Crippen LogP contribution in [0.4, 0.5) is 5.82 Å². The molecule has 0 aliphatic heterocycles. The van der Waals surface area contributed by atoms with E-state index >= 15 is 0 Å². The summed E-state index contributed by atoms with van der Waals surface area (Å²) in [5.74, 6) is 6.88. The molecule has 100 valence electrons. The Kier molecular flexibility index (Phi) is 4.52. The lowest BCUT2D eigenvalue weighted by Crippen LogP contribution is -2.47. The summed E-state index contributed by atoms with van der Waals surface area (Å²) in [5.41, 5.74) is 9.76. The maximum atomic E-state index is 5.87. The van der Waals surface area contributed by atoms with Crippen molar-refractivity contribution in [3.63, 3.8) is 0 Å². The molecule has 5 heteroatoms. The normalized spacial score (nSPS) is 18.6. The molecule has 2 rings (SSSR count). The molecular formula is C13H22N4O. The minimum atomic E-state index is 0.0870. The zero-order chi connectivity index (χ0) is 13.0. The molecule has 2 unspecified atom stereocenters. The number of ether oxygens (including phenoxy) is 1. The van der Waals surface area contributed by atoms with Crippen LogP contribution in [0.15, 0.2) is 18.3 Å². The number of aromatic nitrogens is 1. The number of nitrogen functional groups attached to an aromatic ring is 1. The predicted molar refractivity (Wildman–Crippen MR) is 71.6 cm³/mol. The quantitative estimate of drug-likeness (QED) is 0.493. The molecule has 1 saturated carbocycles. The van der Waals surface area contributed by atoms with Crippen LogP contribution in [0.5, 0.6) is 0 Å². The van der Waals surface area contributed by atoms with Gasteiger partial charge in [0.2, 0.25) is 0 Å². The molecule has 0 saturated heterocycles. The number of hydrazine groups is 1. The third-order valence-electron chi connectivity index (χ3n) is 3.42. The Morgan fingerprint density at radius 2 is 2.33 bits per heavy atom. The Balaban J connectivity index is 2.05. The highest BCUT2D eigenvalue weighted by molar-refractivity contribution is 5.39. The Bertz CT molecular complexity index is 381. The number of nitrogens with zero attached hydrogens (tertiary/aromatic N) is 1. The Labute approximate surface area is 108 Å². The molecule has 5 N–H and O–H groups in total. The maximum Gasteiger partial charge on any atom is 0.126 e. The zero-order valence-corrected chi connectivity index (χ0v) is 10.8. The molecule has 1 aromatic rings. The number of hydrogen-bond donors (Lipinski definition) is 3. The van der Waals surface area contributed by atoms with Crippen molar-refractivity contribution in [2.75, 3.05) is 12.3 Å². The molecule has 1 aliphatic rings. The van der Waals surface area contributed by atoms with E-state index in [9.17, 15) is 0 Å². The Morgan fingerprint density at radius 3 is 2.89 bits per heavy atom. The van der Waals surface area contributed by atoms with Gasteiger partial charge in [-0.05, 0) is 43.7 Å². The molecule has 0 amide bonds. The fourth-order valence-electron chi connectivity index (χ4n) is 2.33. The minimum Gasteiger partial charge on any atom is -0.383 e. The summed E-state index contributed by atoms with van der Waals surface area (Å²) in [4.78, 5) is 4.10. The summed E-state index contributed by atoms with van der Waals surface area (Å²) < 4.78 is 5.83. The Hall–Kier alpha value is -1.17. The first kappa shape index (κ1) is 13.3. The van der Waals surface area contributed by atoms with Crippen molar-refractivity contribution < 1.29 is 4.74 Å². The van der Waals surface area contributed by atoms with Gasteiger partial charge in [-0.15, -0.1) is 0 Å². The van der Waals surface area contributed by atoms with E-state index in [0.29, 0.717) is 18.3 Å². The zero-order valence-electron chi connectivity index (χ0n) is 10.8. The van der Waals surface area contributed by atoms with Crippen molar-refractivity contribution >= 4 is 5.82 Å². The molecule has 1 aliphatic carbocycles. The van der Waals surface area contributed by atoms with Gasteiger partial charge in [-0.2, -0.15) is 0 Å². The van der Waals surface area contributed by atoms with Gasteiger partial charge in [0, 0.05) is 12.8 Å². The lowest BCUT2D eigenvalue weighted by molar-refractivity contribution is 0.0192. The van der Waals surface area contributed by atoms with E-state index < -0.39 is 0 Å². The van der Waals surface area contributed by atoms with Crippen molar-refractivity contribution in [2.24, 2.45) is 11.8 Å². The van der Waals surface area contributed by atoms with Gasteiger partial charge < -0.3 is 10.5 Å². The fraction of sp³-hybridized carbons (Fsp3) is 0.615. The lowest BCUT2D eigenvalue weighted by Gasteiger charge is -2.26. The molecular weight excluding hydrogens is 228 g/mol. The third-order valence-corrected chi connectivity index (χ3v) is 3.42. The van der Waals surface area contributed by atoms with Crippen LogP contribution in [0.1, 0.15) is 25.3 Å². The highest BCUT2D eigenvalue weighted by atomic mass is 16.5. The maximum absolute atomic E-state index is 5.87. The minimum absolute atomic E-state index is 0.0870. The van der Waals surface area contributed by atoms with Crippen LogP contribution < -0.4 is 17.0 Å². The van der Waals surface area contributed by atoms with Crippen molar-refractivity contribution in [3.8, 4) is 0 Å². The molecule has 1 aromatic heterocycles. The van der Waals surface area contributed by atoms with Gasteiger partial charge in [0.05, 0.1) is 12.1 Å². The summed E-state index contributed by atoms with van der Waals surface area (Å²) in [5, 5.41) is 0. The van der Waals surface area contributed by atoms with E-state index in [4.69, 9.17) is 16.3 Å². The van der Waals surface area contributed by atoms with Crippen LogP contribution in [0.3, 0.4) is 0 Å². The van der Waals surface area contributed by atoms with Crippen LogP contribution in [0.25, 0.3) is 0 Å². The highest BCUT2D eigenvalue weighted by Crippen LogP contribution is 2.36. The van der Waals surface area contributed by atoms with Crippen LogP contribution in [-0.4, -0.2) is 23.7 Å². The van der Waals surface area contributed by atoms with E-state index in [1.54, 1.807) is 6.20 Å². The Morgan fingerprint density at radius 1 is 1.56 bits per heavy atom. The van der Waals surface area contributed by atoms with Crippen LogP contribution in [0.2, 0.25) is 0 Å². The summed E-state index contributed by atoms with van der Waals surface area (Å²) in [7, 11) is 0. The molecule has 0 aromatic carbocycles. The molecule has 5 nitrogen and oxygen atoms in total. The molecule has 0 bridgehead atoms. The van der Waals surface area contributed by atoms with E-state index in [1.807, 2.05) is 19.1 Å². The average Bonchev–Trinajstić information content (AvgIpc) is 3.20.